The Kier molecular flexibility index (Phi) is 7.25. The summed E-state index contributed by atoms with van der Waals surface area (Å²) in [6.45, 7) is 0. The van der Waals surface area contributed by atoms with Crippen LogP contribution in [0.15, 0.2) is 57.5 Å². The van der Waals surface area contributed by atoms with Crippen molar-refractivity contribution in [2.45, 2.75) is 12.3 Å². The van der Waals surface area contributed by atoms with E-state index in [0.29, 0.717) is 26.3 Å². The molecule has 29 heavy (non-hydrogen) atoms. The lowest BCUT2D eigenvalue weighted by Crippen LogP contribution is -2.31. The van der Waals surface area contributed by atoms with Crippen LogP contribution in [-0.4, -0.2) is 17.6 Å². The summed E-state index contributed by atoms with van der Waals surface area (Å²) in [4.78, 5) is 24.5. The largest absolute Gasteiger partial charge is 0.325 e. The zero-order chi connectivity index (χ0) is 21.0. The van der Waals surface area contributed by atoms with E-state index >= 15 is 0 Å². The summed E-state index contributed by atoms with van der Waals surface area (Å²) in [5.74, 6) is -0.822. The van der Waals surface area contributed by atoms with E-state index in [0.717, 1.165) is 21.8 Å². The summed E-state index contributed by atoms with van der Waals surface area (Å²) in [5, 5.41) is 16.3. The molecule has 1 atom stereocenters. The van der Waals surface area contributed by atoms with Gasteiger partial charge < -0.3 is 10.6 Å². The highest BCUT2D eigenvalue weighted by atomic mass is 79.9. The van der Waals surface area contributed by atoms with Crippen molar-refractivity contribution >= 4 is 68.4 Å². The Morgan fingerprint density at radius 1 is 1.28 bits per heavy atom. The lowest BCUT2D eigenvalue weighted by Gasteiger charge is -2.25. The maximum Gasteiger partial charge on any atom is 0.234 e. The van der Waals surface area contributed by atoms with E-state index in [1.807, 2.05) is 24.3 Å². The molecule has 0 saturated carbocycles. The minimum atomic E-state index is -0.355. The predicted molar refractivity (Wildman–Crippen MR) is 120 cm³/mol. The minimum absolute atomic E-state index is 0.0201. The molecule has 0 aromatic heterocycles. The smallest absolute Gasteiger partial charge is 0.234 e. The van der Waals surface area contributed by atoms with Crippen molar-refractivity contribution in [2.75, 3.05) is 11.1 Å². The third-order valence-corrected chi connectivity index (χ3v) is 6.41. The Hall–Kier alpha value is -1.98. The second kappa shape index (κ2) is 9.68. The van der Waals surface area contributed by atoms with Crippen LogP contribution in [0, 0.1) is 11.3 Å². The first-order valence-electron chi connectivity index (χ1n) is 8.44. The first-order chi connectivity index (χ1) is 13.9. The molecule has 1 aliphatic heterocycles. The second-order valence-electron chi connectivity index (χ2n) is 6.18. The Balaban J connectivity index is 1.75. The van der Waals surface area contributed by atoms with Crippen LogP contribution < -0.4 is 10.6 Å². The fourth-order valence-electron chi connectivity index (χ4n) is 2.85. The average molecular weight is 511 g/mol. The van der Waals surface area contributed by atoms with Gasteiger partial charge in [-0.15, -0.1) is 0 Å². The highest BCUT2D eigenvalue weighted by molar-refractivity contribution is 9.10. The van der Waals surface area contributed by atoms with E-state index in [9.17, 15) is 14.9 Å². The van der Waals surface area contributed by atoms with Gasteiger partial charge in [0.15, 0.2) is 0 Å². The zero-order valence-electron chi connectivity index (χ0n) is 14.8. The van der Waals surface area contributed by atoms with Crippen LogP contribution >= 0.6 is 50.9 Å². The highest BCUT2D eigenvalue weighted by Crippen LogP contribution is 2.36. The van der Waals surface area contributed by atoms with Gasteiger partial charge in [0.25, 0.3) is 0 Å². The summed E-state index contributed by atoms with van der Waals surface area (Å²) in [6, 6.07) is 14.5. The standard InChI is InChI=1S/C20H14BrCl2N3O2S/c21-12-3-1-2-11(6-12)14-8-18(27)26-20(15(14)9-24)29-10-19(28)25-13-4-5-16(22)17(23)7-13/h1-7,14H,8,10H2,(H,25,28)(H,26,27)/t14-/m0/s1. The van der Waals surface area contributed by atoms with Gasteiger partial charge in [-0.25, -0.2) is 0 Å². The molecule has 3 rings (SSSR count). The van der Waals surface area contributed by atoms with E-state index in [-0.39, 0.29) is 29.9 Å². The summed E-state index contributed by atoms with van der Waals surface area (Å²) >= 11 is 16.4. The van der Waals surface area contributed by atoms with Gasteiger partial charge in [0.05, 0.1) is 32.5 Å². The lowest BCUT2D eigenvalue weighted by atomic mass is 9.87. The van der Waals surface area contributed by atoms with Crippen LogP contribution in [0.1, 0.15) is 17.9 Å². The molecule has 0 spiro atoms. The number of thioether (sulfide) groups is 1. The van der Waals surface area contributed by atoms with E-state index in [2.05, 4.69) is 32.6 Å². The third-order valence-electron chi connectivity index (χ3n) is 4.16. The topological polar surface area (TPSA) is 82.0 Å². The monoisotopic (exact) mass is 509 g/mol. The van der Waals surface area contributed by atoms with E-state index in [4.69, 9.17) is 23.2 Å². The van der Waals surface area contributed by atoms with Crippen LogP contribution in [0.4, 0.5) is 5.69 Å². The molecule has 0 unspecified atom stereocenters. The molecule has 9 heteroatoms. The van der Waals surface area contributed by atoms with Crippen molar-refractivity contribution in [1.29, 1.82) is 5.26 Å². The van der Waals surface area contributed by atoms with Crippen LogP contribution in [0.3, 0.4) is 0 Å². The maximum atomic E-state index is 12.3. The maximum absolute atomic E-state index is 12.3. The summed E-state index contributed by atoms with van der Waals surface area (Å²) in [6.07, 6.45) is 0.179. The van der Waals surface area contributed by atoms with E-state index in [1.165, 1.54) is 0 Å². The molecule has 2 amide bonds. The van der Waals surface area contributed by atoms with Crippen LogP contribution in [-0.2, 0) is 9.59 Å². The molecule has 148 valence electrons. The van der Waals surface area contributed by atoms with Crippen molar-refractivity contribution < 1.29 is 9.59 Å². The number of halogens is 3. The number of nitrogens with zero attached hydrogens (tertiary/aromatic N) is 1. The molecule has 0 radical (unpaired) electrons. The Morgan fingerprint density at radius 3 is 2.76 bits per heavy atom. The molecular weight excluding hydrogens is 497 g/mol. The Morgan fingerprint density at radius 2 is 2.07 bits per heavy atom. The van der Waals surface area contributed by atoms with Gasteiger partial charge in [-0.2, -0.15) is 5.26 Å². The second-order valence-corrected chi connectivity index (χ2v) is 8.90. The number of carbonyl (C=O) groups is 2. The van der Waals surface area contributed by atoms with Crippen LogP contribution in [0.2, 0.25) is 10.0 Å². The van der Waals surface area contributed by atoms with Gasteiger partial charge >= 0.3 is 0 Å². The number of hydrogen-bond acceptors (Lipinski definition) is 4. The lowest BCUT2D eigenvalue weighted by molar-refractivity contribution is -0.121. The zero-order valence-corrected chi connectivity index (χ0v) is 18.8. The predicted octanol–water partition coefficient (Wildman–Crippen LogP) is 5.47. The van der Waals surface area contributed by atoms with Crippen molar-refractivity contribution in [3.63, 3.8) is 0 Å². The first kappa shape index (κ1) is 21.7. The molecular formula is C20H14BrCl2N3O2S. The molecule has 0 bridgehead atoms. The fraction of sp³-hybridized carbons (Fsp3) is 0.150. The van der Waals surface area contributed by atoms with E-state index < -0.39 is 0 Å². The summed E-state index contributed by atoms with van der Waals surface area (Å²) in [5.41, 5.74) is 1.82. The SMILES string of the molecule is N#CC1=C(SCC(=O)Nc2ccc(Cl)c(Cl)c2)NC(=O)C[C@H]1c1cccc(Br)c1. The fourth-order valence-corrected chi connectivity index (χ4v) is 4.44. The first-order valence-corrected chi connectivity index (χ1v) is 11.0. The number of amides is 2. The van der Waals surface area contributed by atoms with E-state index in [1.54, 1.807) is 18.2 Å². The van der Waals surface area contributed by atoms with Crippen molar-refractivity contribution in [2.24, 2.45) is 0 Å². The van der Waals surface area contributed by atoms with Gasteiger partial charge in [-0.05, 0) is 35.9 Å². The Bertz CT molecular complexity index is 1050. The van der Waals surface area contributed by atoms with Gasteiger partial charge in [0.1, 0.15) is 0 Å². The summed E-state index contributed by atoms with van der Waals surface area (Å²) < 4.78 is 0.869. The number of benzene rings is 2. The highest BCUT2D eigenvalue weighted by Gasteiger charge is 2.30. The quantitative estimate of drug-likeness (QED) is 0.559. The number of anilines is 1. The molecule has 2 aromatic rings. The third kappa shape index (κ3) is 5.55. The number of nitriles is 1. The number of rotatable bonds is 5. The molecule has 1 heterocycles. The number of nitrogens with one attached hydrogen (secondary N) is 2. The number of hydrogen-bond donors (Lipinski definition) is 2. The average Bonchev–Trinajstić information content (AvgIpc) is 2.68. The van der Waals surface area contributed by atoms with Crippen LogP contribution in [0.25, 0.3) is 0 Å². The van der Waals surface area contributed by atoms with Crippen molar-refractivity contribution in [1.82, 2.24) is 5.32 Å². The Labute approximate surface area is 190 Å². The van der Waals surface area contributed by atoms with Gasteiger partial charge in [0, 0.05) is 22.5 Å². The van der Waals surface area contributed by atoms with Gasteiger partial charge in [-0.1, -0.05) is 63.0 Å². The van der Waals surface area contributed by atoms with Gasteiger partial charge in [0.2, 0.25) is 11.8 Å². The molecule has 5 nitrogen and oxygen atoms in total. The molecule has 0 aliphatic carbocycles. The molecule has 2 N–H and O–H groups in total. The number of allylic oxidation sites excluding steroid dienone is 1. The number of carbonyl (C=O) groups excluding carboxylic acids is 2. The minimum Gasteiger partial charge on any atom is -0.325 e. The van der Waals surface area contributed by atoms with Crippen molar-refractivity contribution in [3.05, 3.63) is 73.1 Å². The molecule has 0 fully saturated rings. The molecule has 2 aromatic carbocycles. The van der Waals surface area contributed by atoms with Crippen molar-refractivity contribution in [3.8, 4) is 6.07 Å². The normalized spacial score (nSPS) is 16.2. The van der Waals surface area contributed by atoms with Gasteiger partial charge in [-0.3, -0.25) is 9.59 Å². The molecule has 1 aliphatic rings. The molecule has 0 saturated heterocycles. The summed E-state index contributed by atoms with van der Waals surface area (Å²) in [7, 11) is 0. The van der Waals surface area contributed by atoms with Crippen LogP contribution in [0.5, 0.6) is 0 Å².